The van der Waals surface area contributed by atoms with Crippen molar-refractivity contribution in [1.29, 1.82) is 0 Å². The Bertz CT molecular complexity index is 623. The third-order valence-electron chi connectivity index (χ3n) is 4.38. The number of rotatable bonds is 2. The highest BCUT2D eigenvalue weighted by Crippen LogP contribution is 2.34. The number of aromatic nitrogens is 1. The van der Waals surface area contributed by atoms with Gasteiger partial charge in [-0.15, -0.1) is 0 Å². The van der Waals surface area contributed by atoms with Gasteiger partial charge in [0.05, 0.1) is 16.9 Å². The number of hydrogen-bond donors (Lipinski definition) is 1. The van der Waals surface area contributed by atoms with Crippen LogP contribution in [0.3, 0.4) is 0 Å². The summed E-state index contributed by atoms with van der Waals surface area (Å²) >= 11 is 0. The van der Waals surface area contributed by atoms with Crippen molar-refractivity contribution in [3.63, 3.8) is 0 Å². The van der Waals surface area contributed by atoms with Gasteiger partial charge >= 0.3 is 0 Å². The van der Waals surface area contributed by atoms with Crippen molar-refractivity contribution in [2.24, 2.45) is 5.92 Å². The van der Waals surface area contributed by atoms with E-state index in [-0.39, 0.29) is 0 Å². The van der Waals surface area contributed by atoms with Crippen LogP contribution in [-0.4, -0.2) is 43.1 Å². The second-order valence-corrected chi connectivity index (χ2v) is 5.98. The summed E-state index contributed by atoms with van der Waals surface area (Å²) in [5, 5.41) is 1.05. The Morgan fingerprint density at radius 2 is 2.05 bits per heavy atom. The second-order valence-electron chi connectivity index (χ2n) is 5.98. The predicted molar refractivity (Wildman–Crippen MR) is 85.0 cm³/mol. The first kappa shape index (κ1) is 13.2. The van der Waals surface area contributed by atoms with E-state index in [0.717, 1.165) is 35.4 Å². The first-order valence-corrected chi connectivity index (χ1v) is 7.12. The Hall–Kier alpha value is -1.81. The molecule has 0 amide bonds. The third kappa shape index (κ3) is 2.10. The van der Waals surface area contributed by atoms with Crippen LogP contribution in [0.2, 0.25) is 0 Å². The first-order valence-electron chi connectivity index (χ1n) is 7.12. The molecule has 2 aromatic rings. The molecule has 1 aliphatic heterocycles. The molecule has 1 aromatic heterocycles. The molecule has 2 atom stereocenters. The van der Waals surface area contributed by atoms with Crippen LogP contribution in [0.4, 0.5) is 11.4 Å². The maximum absolute atomic E-state index is 6.37. The van der Waals surface area contributed by atoms with Gasteiger partial charge in [-0.25, -0.2) is 0 Å². The van der Waals surface area contributed by atoms with Crippen molar-refractivity contribution < 1.29 is 0 Å². The lowest BCUT2D eigenvalue weighted by Gasteiger charge is -2.24. The summed E-state index contributed by atoms with van der Waals surface area (Å²) in [4.78, 5) is 9.07. The number of fused-ring (bicyclic) bond motifs is 1. The molecule has 0 spiro atoms. The average Bonchev–Trinajstić information content (AvgIpc) is 2.81. The molecule has 106 valence electrons. The molecule has 1 aromatic carbocycles. The Morgan fingerprint density at radius 3 is 2.75 bits per heavy atom. The van der Waals surface area contributed by atoms with E-state index in [1.807, 2.05) is 12.1 Å². The molecule has 0 saturated carbocycles. The van der Waals surface area contributed by atoms with Gasteiger partial charge in [-0.2, -0.15) is 0 Å². The van der Waals surface area contributed by atoms with Crippen LogP contribution in [0.15, 0.2) is 30.5 Å². The fourth-order valence-corrected chi connectivity index (χ4v) is 3.26. The Morgan fingerprint density at radius 1 is 1.25 bits per heavy atom. The molecule has 1 aliphatic rings. The molecule has 0 radical (unpaired) electrons. The molecular weight excluding hydrogens is 248 g/mol. The highest BCUT2D eigenvalue weighted by atomic mass is 15.2. The van der Waals surface area contributed by atoms with Crippen molar-refractivity contribution in [3.05, 3.63) is 30.5 Å². The summed E-state index contributed by atoms with van der Waals surface area (Å²) in [6.45, 7) is 4.40. The largest absolute Gasteiger partial charge is 0.396 e. The lowest BCUT2D eigenvalue weighted by Crippen LogP contribution is -2.34. The number of anilines is 2. The van der Waals surface area contributed by atoms with E-state index in [4.69, 9.17) is 5.73 Å². The topological polar surface area (TPSA) is 45.4 Å². The first-order chi connectivity index (χ1) is 9.58. The molecule has 20 heavy (non-hydrogen) atoms. The molecule has 1 fully saturated rings. The van der Waals surface area contributed by atoms with Crippen LogP contribution in [0.25, 0.3) is 10.9 Å². The van der Waals surface area contributed by atoms with Gasteiger partial charge < -0.3 is 15.5 Å². The summed E-state index contributed by atoms with van der Waals surface area (Å²) in [7, 11) is 4.30. The van der Waals surface area contributed by atoms with Gasteiger partial charge in [-0.1, -0.05) is 6.92 Å². The molecule has 2 unspecified atom stereocenters. The highest BCUT2D eigenvalue weighted by Gasteiger charge is 2.31. The number of nitrogens with two attached hydrogens (primary N) is 1. The minimum Gasteiger partial charge on any atom is -0.396 e. The maximum Gasteiger partial charge on any atom is 0.0724 e. The van der Waals surface area contributed by atoms with Crippen molar-refractivity contribution in [1.82, 2.24) is 9.88 Å². The van der Waals surface area contributed by atoms with Crippen molar-refractivity contribution >= 4 is 22.3 Å². The predicted octanol–water partition coefficient (Wildman–Crippen LogP) is 2.20. The average molecular weight is 270 g/mol. The smallest absolute Gasteiger partial charge is 0.0724 e. The van der Waals surface area contributed by atoms with E-state index in [9.17, 15) is 0 Å². The Kier molecular flexibility index (Phi) is 3.26. The number of nitrogen functional groups attached to an aromatic ring is 1. The maximum atomic E-state index is 6.37. The molecular formula is C16H22N4. The Balaban J connectivity index is 1.97. The van der Waals surface area contributed by atoms with Crippen LogP contribution >= 0.6 is 0 Å². The number of pyridine rings is 1. The van der Waals surface area contributed by atoms with Gasteiger partial charge in [-0.3, -0.25) is 4.98 Å². The minimum absolute atomic E-state index is 0.582. The van der Waals surface area contributed by atoms with Gasteiger partial charge in [0, 0.05) is 30.7 Å². The highest BCUT2D eigenvalue weighted by molar-refractivity contribution is 5.97. The lowest BCUT2D eigenvalue weighted by molar-refractivity contribution is 0.266. The van der Waals surface area contributed by atoms with Gasteiger partial charge in [0.2, 0.25) is 0 Å². The fourth-order valence-electron chi connectivity index (χ4n) is 3.26. The molecule has 2 N–H and O–H groups in total. The minimum atomic E-state index is 0.582. The van der Waals surface area contributed by atoms with Crippen LogP contribution in [0, 0.1) is 5.92 Å². The monoisotopic (exact) mass is 270 g/mol. The van der Waals surface area contributed by atoms with E-state index < -0.39 is 0 Å². The zero-order valence-corrected chi connectivity index (χ0v) is 12.4. The van der Waals surface area contributed by atoms with Crippen molar-refractivity contribution in [2.45, 2.75) is 13.0 Å². The van der Waals surface area contributed by atoms with Gasteiger partial charge in [-0.05, 0) is 44.3 Å². The standard InChI is InChI=1S/C16H22N4/c1-11-9-20(10-15(11)19(2)3)14-7-6-13-12(16(14)17)5-4-8-18-13/h4-8,11,15H,9-10,17H2,1-3H3. The molecule has 3 rings (SSSR count). The van der Waals surface area contributed by atoms with Gasteiger partial charge in [0.25, 0.3) is 0 Å². The van der Waals surface area contributed by atoms with Crippen molar-refractivity contribution in [3.8, 4) is 0 Å². The summed E-state index contributed by atoms with van der Waals surface area (Å²) in [5.41, 5.74) is 9.32. The van der Waals surface area contributed by atoms with E-state index in [1.165, 1.54) is 0 Å². The summed E-state index contributed by atoms with van der Waals surface area (Å²) in [5.74, 6) is 0.647. The lowest BCUT2D eigenvalue weighted by atomic mass is 10.1. The molecule has 4 nitrogen and oxygen atoms in total. The molecule has 1 saturated heterocycles. The molecule has 2 heterocycles. The van der Waals surface area contributed by atoms with Crippen molar-refractivity contribution in [2.75, 3.05) is 37.8 Å². The normalized spacial score (nSPS) is 22.9. The number of nitrogens with zero attached hydrogens (tertiary/aromatic N) is 3. The van der Waals surface area contributed by atoms with Gasteiger partial charge in [0.15, 0.2) is 0 Å². The second kappa shape index (κ2) is 4.94. The van der Waals surface area contributed by atoms with Crippen LogP contribution in [-0.2, 0) is 0 Å². The van der Waals surface area contributed by atoms with Crippen LogP contribution in [0.5, 0.6) is 0 Å². The fraction of sp³-hybridized carbons (Fsp3) is 0.438. The number of likely N-dealkylation sites (N-methyl/N-ethyl adjacent to an activating group) is 1. The van der Waals surface area contributed by atoms with Gasteiger partial charge in [0.1, 0.15) is 0 Å². The Labute approximate surface area is 120 Å². The quantitative estimate of drug-likeness (QED) is 0.850. The molecule has 0 aliphatic carbocycles. The van der Waals surface area contributed by atoms with E-state index in [1.54, 1.807) is 6.20 Å². The number of hydrogen-bond acceptors (Lipinski definition) is 4. The third-order valence-corrected chi connectivity index (χ3v) is 4.38. The summed E-state index contributed by atoms with van der Waals surface area (Å²) < 4.78 is 0. The number of benzene rings is 1. The van der Waals surface area contributed by atoms with E-state index >= 15 is 0 Å². The zero-order valence-electron chi connectivity index (χ0n) is 12.4. The summed E-state index contributed by atoms with van der Waals surface area (Å²) in [6.07, 6.45) is 1.81. The van der Waals surface area contributed by atoms with E-state index in [0.29, 0.717) is 12.0 Å². The summed E-state index contributed by atoms with van der Waals surface area (Å²) in [6, 6.07) is 8.74. The SMILES string of the molecule is CC1CN(c2ccc3ncccc3c2N)CC1N(C)C. The van der Waals surface area contributed by atoms with Crippen LogP contribution in [0.1, 0.15) is 6.92 Å². The zero-order chi connectivity index (χ0) is 14.3. The van der Waals surface area contributed by atoms with Crippen LogP contribution < -0.4 is 10.6 Å². The van der Waals surface area contributed by atoms with E-state index in [2.05, 4.69) is 47.9 Å². The molecule has 0 bridgehead atoms. The molecule has 4 heteroatoms.